The van der Waals surface area contributed by atoms with Crippen molar-refractivity contribution in [3.8, 4) is 5.75 Å². The molecule has 0 spiro atoms. The van der Waals surface area contributed by atoms with Crippen LogP contribution in [0.25, 0.3) is 0 Å². The number of anilines is 2. The number of methoxy groups -OCH3 is 1. The van der Waals surface area contributed by atoms with E-state index in [4.69, 9.17) is 4.74 Å². The largest absolute Gasteiger partial charge is 0.497 e. The molecule has 29 heavy (non-hydrogen) atoms. The Kier molecular flexibility index (Phi) is 8.35. The van der Waals surface area contributed by atoms with E-state index >= 15 is 0 Å². The molecule has 0 aromatic heterocycles. The van der Waals surface area contributed by atoms with Gasteiger partial charge in [-0.25, -0.2) is 5.01 Å². The Bertz CT molecular complexity index is 914. The van der Waals surface area contributed by atoms with Crippen molar-refractivity contribution in [1.82, 2.24) is 5.43 Å². The van der Waals surface area contributed by atoms with Crippen molar-refractivity contribution in [3.05, 3.63) is 77.9 Å². The van der Waals surface area contributed by atoms with Crippen LogP contribution in [0, 0.1) is 0 Å². The fourth-order valence-electron chi connectivity index (χ4n) is 2.64. The number of hydrogen-bond donors (Lipinski definition) is 2. The summed E-state index contributed by atoms with van der Waals surface area (Å²) in [4.78, 5) is 18.4. The minimum absolute atomic E-state index is 0. The van der Waals surface area contributed by atoms with Crippen LogP contribution in [-0.2, 0) is 4.79 Å². The maximum absolute atomic E-state index is 13.1. The molecule has 8 heteroatoms. The molecule has 0 fully saturated rings. The molecule has 2 N–H and O–H groups in total. The summed E-state index contributed by atoms with van der Waals surface area (Å²) in [5, 5.41) is 5.39. The number of hydrazine groups is 1. The Morgan fingerprint density at radius 3 is 2.55 bits per heavy atom. The zero-order chi connectivity index (χ0) is 19.9. The highest BCUT2D eigenvalue weighted by Crippen LogP contribution is 2.32. The van der Waals surface area contributed by atoms with Gasteiger partial charge in [-0.15, -0.1) is 23.6 Å². The molecule has 2 aromatic rings. The van der Waals surface area contributed by atoms with Crippen molar-refractivity contribution < 1.29 is 9.53 Å². The van der Waals surface area contributed by atoms with Gasteiger partial charge in [0.15, 0.2) is 5.17 Å². The van der Waals surface area contributed by atoms with Crippen LogP contribution in [0.4, 0.5) is 11.4 Å². The van der Waals surface area contributed by atoms with Crippen LogP contribution in [0.2, 0.25) is 0 Å². The van der Waals surface area contributed by atoms with Crippen LogP contribution in [0.15, 0.2) is 82.8 Å². The summed E-state index contributed by atoms with van der Waals surface area (Å²) >= 11 is 1.42. The SMILES string of the molecule is Br.C=CCN=C1NN(c2ccc(OC)cc2)C(C(=O)Nc2ccccc2)=C(C)S1. The Hall–Kier alpha value is -2.71. The van der Waals surface area contributed by atoms with Gasteiger partial charge in [-0.05, 0) is 43.3 Å². The summed E-state index contributed by atoms with van der Waals surface area (Å²) in [6.07, 6.45) is 1.73. The van der Waals surface area contributed by atoms with Gasteiger partial charge in [0.25, 0.3) is 5.91 Å². The third kappa shape index (κ3) is 5.65. The molecule has 6 nitrogen and oxygen atoms in total. The number of nitrogens with zero attached hydrogens (tertiary/aromatic N) is 2. The fraction of sp³-hybridized carbons (Fsp3) is 0.143. The van der Waals surface area contributed by atoms with Crippen LogP contribution in [0.5, 0.6) is 5.75 Å². The smallest absolute Gasteiger partial charge is 0.275 e. The molecular formula is C21H23BrN4O2S. The molecule has 0 atom stereocenters. The third-order valence-corrected chi connectivity index (χ3v) is 4.87. The molecule has 0 saturated heterocycles. The Morgan fingerprint density at radius 2 is 1.93 bits per heavy atom. The maximum atomic E-state index is 13.1. The lowest BCUT2D eigenvalue weighted by Gasteiger charge is -2.33. The number of benzene rings is 2. The molecule has 0 radical (unpaired) electrons. The number of allylic oxidation sites excluding steroid dienone is 1. The zero-order valence-electron chi connectivity index (χ0n) is 16.2. The number of aliphatic imine (C=N–C) groups is 1. The van der Waals surface area contributed by atoms with Crippen molar-refractivity contribution in [3.63, 3.8) is 0 Å². The average Bonchev–Trinajstić information content (AvgIpc) is 2.72. The number of halogens is 1. The van der Waals surface area contributed by atoms with E-state index < -0.39 is 0 Å². The first kappa shape index (κ1) is 22.6. The zero-order valence-corrected chi connectivity index (χ0v) is 18.7. The minimum Gasteiger partial charge on any atom is -0.497 e. The van der Waals surface area contributed by atoms with Gasteiger partial charge in [-0.1, -0.05) is 36.0 Å². The van der Waals surface area contributed by atoms with Crippen molar-refractivity contribution in [2.24, 2.45) is 4.99 Å². The van der Waals surface area contributed by atoms with Gasteiger partial charge in [0.2, 0.25) is 0 Å². The quantitative estimate of drug-likeness (QED) is 0.591. The van der Waals surface area contributed by atoms with Gasteiger partial charge in [-0.2, -0.15) is 0 Å². The van der Waals surface area contributed by atoms with Crippen molar-refractivity contribution in [2.75, 3.05) is 24.0 Å². The lowest BCUT2D eigenvalue weighted by molar-refractivity contribution is -0.113. The number of amides is 1. The summed E-state index contributed by atoms with van der Waals surface area (Å²) in [5.41, 5.74) is 5.27. The number of carbonyl (C=O) groups excluding carboxylic acids is 1. The number of para-hydroxylation sites is 1. The van der Waals surface area contributed by atoms with Gasteiger partial charge in [0.05, 0.1) is 19.3 Å². The van der Waals surface area contributed by atoms with Crippen LogP contribution in [-0.4, -0.2) is 24.7 Å². The molecule has 0 saturated carbocycles. The lowest BCUT2D eigenvalue weighted by Crippen LogP contribution is -2.47. The van der Waals surface area contributed by atoms with Gasteiger partial charge in [-0.3, -0.25) is 15.2 Å². The summed E-state index contributed by atoms with van der Waals surface area (Å²) in [6.45, 7) is 6.10. The molecular weight excluding hydrogens is 452 g/mol. The highest BCUT2D eigenvalue weighted by atomic mass is 79.9. The number of rotatable bonds is 6. The number of carbonyl (C=O) groups is 1. The summed E-state index contributed by atoms with van der Waals surface area (Å²) in [7, 11) is 1.62. The Balaban J connectivity index is 0.00000300. The van der Waals surface area contributed by atoms with Crippen LogP contribution < -0.4 is 20.5 Å². The molecule has 152 valence electrons. The molecule has 1 heterocycles. The van der Waals surface area contributed by atoms with Crippen molar-refractivity contribution >= 4 is 51.2 Å². The number of thioether (sulfide) groups is 1. The van der Waals surface area contributed by atoms with E-state index in [-0.39, 0.29) is 22.9 Å². The second-order valence-electron chi connectivity index (χ2n) is 5.91. The molecule has 0 bridgehead atoms. The number of amidine groups is 1. The molecule has 3 rings (SSSR count). The lowest BCUT2D eigenvalue weighted by atomic mass is 10.2. The van der Waals surface area contributed by atoms with E-state index in [1.54, 1.807) is 18.2 Å². The molecule has 0 unspecified atom stereocenters. The van der Waals surface area contributed by atoms with E-state index in [0.717, 1.165) is 22.0 Å². The summed E-state index contributed by atoms with van der Waals surface area (Å²) in [6, 6.07) is 16.8. The van der Waals surface area contributed by atoms with Crippen LogP contribution in [0.1, 0.15) is 6.92 Å². The number of hydrogen-bond acceptors (Lipinski definition) is 5. The van der Waals surface area contributed by atoms with E-state index in [1.165, 1.54) is 11.8 Å². The number of nitrogens with one attached hydrogen (secondary N) is 2. The fourth-order valence-corrected chi connectivity index (χ4v) is 3.49. The van der Waals surface area contributed by atoms with E-state index in [9.17, 15) is 4.79 Å². The Morgan fingerprint density at radius 1 is 1.24 bits per heavy atom. The second-order valence-corrected chi connectivity index (χ2v) is 7.11. The topological polar surface area (TPSA) is 66.0 Å². The van der Waals surface area contributed by atoms with E-state index in [0.29, 0.717) is 17.4 Å². The molecule has 2 aromatic carbocycles. The predicted molar refractivity (Wildman–Crippen MR) is 127 cm³/mol. The van der Waals surface area contributed by atoms with Gasteiger partial charge in [0.1, 0.15) is 11.4 Å². The second kappa shape index (κ2) is 10.7. The standard InChI is InChI=1S/C21H22N4O2S.BrH/c1-4-14-22-21-24-25(17-10-12-18(27-3)13-11-17)19(15(2)28-21)20(26)23-16-8-6-5-7-9-16;/h4-13H,1,14H2,2-3H3,(H,22,24)(H,23,26);1H. The highest BCUT2D eigenvalue weighted by molar-refractivity contribution is 8.93. The van der Waals surface area contributed by atoms with Crippen LogP contribution >= 0.6 is 28.7 Å². The minimum atomic E-state index is -0.206. The van der Waals surface area contributed by atoms with Crippen molar-refractivity contribution in [1.29, 1.82) is 0 Å². The van der Waals surface area contributed by atoms with E-state index in [1.807, 2.05) is 61.5 Å². The summed E-state index contributed by atoms with van der Waals surface area (Å²) in [5.74, 6) is 0.536. The Labute approximate surface area is 185 Å². The average molecular weight is 475 g/mol. The first-order valence-corrected chi connectivity index (χ1v) is 9.55. The normalized spacial score (nSPS) is 14.7. The highest BCUT2D eigenvalue weighted by Gasteiger charge is 2.28. The monoisotopic (exact) mass is 474 g/mol. The first-order chi connectivity index (χ1) is 13.6. The maximum Gasteiger partial charge on any atom is 0.275 e. The van der Waals surface area contributed by atoms with Gasteiger partial charge in [0, 0.05) is 10.6 Å². The third-order valence-electron chi connectivity index (χ3n) is 3.96. The molecule has 1 amide bonds. The summed E-state index contributed by atoms with van der Waals surface area (Å²) < 4.78 is 5.24. The molecule has 0 aliphatic carbocycles. The van der Waals surface area contributed by atoms with E-state index in [2.05, 4.69) is 22.3 Å². The number of ether oxygens (including phenoxy) is 1. The van der Waals surface area contributed by atoms with Crippen LogP contribution in [0.3, 0.4) is 0 Å². The predicted octanol–water partition coefficient (Wildman–Crippen LogP) is 4.74. The van der Waals surface area contributed by atoms with Gasteiger partial charge >= 0.3 is 0 Å². The van der Waals surface area contributed by atoms with Crippen molar-refractivity contribution in [2.45, 2.75) is 6.92 Å². The first-order valence-electron chi connectivity index (χ1n) is 8.73. The molecule has 1 aliphatic heterocycles. The van der Waals surface area contributed by atoms with Gasteiger partial charge < -0.3 is 10.1 Å². The molecule has 1 aliphatic rings.